The molecule has 0 saturated heterocycles. The molecular weight excluding hydrogens is 308 g/mol. The van der Waals surface area contributed by atoms with Crippen molar-refractivity contribution in [1.82, 2.24) is 9.88 Å². The van der Waals surface area contributed by atoms with E-state index in [1.165, 1.54) is 20.0 Å². The van der Waals surface area contributed by atoms with Gasteiger partial charge in [-0.05, 0) is 25.0 Å². The van der Waals surface area contributed by atoms with Crippen molar-refractivity contribution in [2.24, 2.45) is 0 Å². The molecule has 1 amide bonds. The molecule has 1 saturated carbocycles. The fourth-order valence-electron chi connectivity index (χ4n) is 2.56. The number of hydrogen-bond acceptors (Lipinski definition) is 3. The maximum atomic E-state index is 12.6. The molecule has 1 aromatic heterocycles. The van der Waals surface area contributed by atoms with E-state index in [1.54, 1.807) is 18.3 Å². The Kier molecular flexibility index (Phi) is 4.80. The van der Waals surface area contributed by atoms with Crippen LogP contribution in [0.3, 0.4) is 0 Å². The lowest BCUT2D eigenvalue weighted by Crippen LogP contribution is -2.44. The molecule has 0 aliphatic heterocycles. The predicted molar refractivity (Wildman–Crippen MR) is 77.9 cm³/mol. The number of halogens is 1. The summed E-state index contributed by atoms with van der Waals surface area (Å²) in [4.78, 5) is 18.8. The third-order valence-electron chi connectivity index (χ3n) is 3.66. The van der Waals surface area contributed by atoms with Gasteiger partial charge in [-0.25, -0.2) is 4.98 Å². The molecule has 5 heteroatoms. The predicted octanol–water partition coefficient (Wildman–Crippen LogP) is 2.87. The zero-order valence-electron chi connectivity index (χ0n) is 11.3. The van der Waals surface area contributed by atoms with Crippen LogP contribution in [0, 0.1) is 0 Å². The third-order valence-corrected chi connectivity index (χ3v) is 4.73. The van der Waals surface area contributed by atoms with Gasteiger partial charge in [0.25, 0.3) is 5.91 Å². The second kappa shape index (κ2) is 6.37. The summed E-state index contributed by atoms with van der Waals surface area (Å²) in [5.41, 5.74) is 0.526. The van der Waals surface area contributed by atoms with Crippen molar-refractivity contribution >= 4 is 21.8 Å². The number of pyridine rings is 1. The van der Waals surface area contributed by atoms with Crippen LogP contribution in [-0.4, -0.2) is 40.8 Å². The SMILES string of the molecule is COc1ncccc1C(=O)N(C)C1CCCCC1Br. The molecule has 1 aromatic rings. The van der Waals surface area contributed by atoms with Gasteiger partial charge in [0.1, 0.15) is 5.56 Å². The second-order valence-corrected chi connectivity index (χ2v) is 6.02. The van der Waals surface area contributed by atoms with Crippen molar-refractivity contribution in [2.75, 3.05) is 14.2 Å². The van der Waals surface area contributed by atoms with Crippen LogP contribution in [0.4, 0.5) is 0 Å². The first-order valence-corrected chi connectivity index (χ1v) is 7.47. The van der Waals surface area contributed by atoms with E-state index in [0.29, 0.717) is 16.3 Å². The number of ether oxygens (including phenoxy) is 1. The van der Waals surface area contributed by atoms with Crippen LogP contribution in [0.5, 0.6) is 5.88 Å². The number of aromatic nitrogens is 1. The molecule has 1 heterocycles. The third kappa shape index (κ3) is 3.08. The minimum atomic E-state index is -0.0266. The Labute approximate surface area is 122 Å². The van der Waals surface area contributed by atoms with Gasteiger partial charge >= 0.3 is 0 Å². The maximum Gasteiger partial charge on any atom is 0.259 e. The molecule has 1 aliphatic carbocycles. The summed E-state index contributed by atoms with van der Waals surface area (Å²) in [7, 11) is 3.39. The highest BCUT2D eigenvalue weighted by molar-refractivity contribution is 9.09. The molecule has 2 unspecified atom stereocenters. The van der Waals surface area contributed by atoms with Crippen LogP contribution in [0.2, 0.25) is 0 Å². The lowest BCUT2D eigenvalue weighted by Gasteiger charge is -2.35. The molecule has 2 rings (SSSR count). The average Bonchev–Trinajstić information content (AvgIpc) is 2.46. The first-order chi connectivity index (χ1) is 9.15. The fraction of sp³-hybridized carbons (Fsp3) is 0.571. The number of carbonyl (C=O) groups is 1. The van der Waals surface area contributed by atoms with Gasteiger partial charge in [-0.1, -0.05) is 28.8 Å². The summed E-state index contributed by atoms with van der Waals surface area (Å²) in [5.74, 6) is 0.364. The average molecular weight is 327 g/mol. The molecule has 0 bridgehead atoms. The summed E-state index contributed by atoms with van der Waals surface area (Å²) >= 11 is 3.69. The minimum absolute atomic E-state index is 0.0266. The Morgan fingerprint density at radius 2 is 2.21 bits per heavy atom. The van der Waals surface area contributed by atoms with E-state index >= 15 is 0 Å². The number of methoxy groups -OCH3 is 1. The normalized spacial score (nSPS) is 22.9. The maximum absolute atomic E-state index is 12.6. The fourth-order valence-corrected chi connectivity index (χ4v) is 3.50. The van der Waals surface area contributed by atoms with Crippen molar-refractivity contribution in [3.05, 3.63) is 23.9 Å². The Balaban J connectivity index is 2.18. The quantitative estimate of drug-likeness (QED) is 0.802. The molecular formula is C14H19BrN2O2. The number of nitrogens with zero attached hydrogens (tertiary/aromatic N) is 2. The largest absolute Gasteiger partial charge is 0.480 e. The van der Waals surface area contributed by atoms with E-state index < -0.39 is 0 Å². The van der Waals surface area contributed by atoms with Crippen LogP contribution in [0.25, 0.3) is 0 Å². The van der Waals surface area contributed by atoms with Gasteiger partial charge < -0.3 is 9.64 Å². The van der Waals surface area contributed by atoms with E-state index in [2.05, 4.69) is 20.9 Å². The van der Waals surface area contributed by atoms with Gasteiger partial charge in [-0.3, -0.25) is 4.79 Å². The lowest BCUT2D eigenvalue weighted by molar-refractivity contribution is 0.0700. The zero-order valence-corrected chi connectivity index (χ0v) is 12.9. The van der Waals surface area contributed by atoms with Crippen molar-refractivity contribution in [3.63, 3.8) is 0 Å². The number of rotatable bonds is 3. The highest BCUT2D eigenvalue weighted by Gasteiger charge is 2.30. The topological polar surface area (TPSA) is 42.4 Å². The first kappa shape index (κ1) is 14.3. The standard InChI is InChI=1S/C14H19BrN2O2/c1-17(12-8-4-3-7-11(12)15)14(18)10-6-5-9-16-13(10)19-2/h5-6,9,11-12H,3-4,7-8H2,1-2H3. The minimum Gasteiger partial charge on any atom is -0.480 e. The van der Waals surface area contributed by atoms with E-state index in [-0.39, 0.29) is 11.9 Å². The molecule has 0 aromatic carbocycles. The second-order valence-electron chi connectivity index (χ2n) is 4.84. The number of amides is 1. The highest BCUT2D eigenvalue weighted by Crippen LogP contribution is 2.29. The monoisotopic (exact) mass is 326 g/mol. The van der Waals surface area contributed by atoms with Gasteiger partial charge in [-0.15, -0.1) is 0 Å². The van der Waals surface area contributed by atoms with Gasteiger partial charge in [-0.2, -0.15) is 0 Å². The Bertz CT molecular complexity index is 453. The summed E-state index contributed by atoms with van der Waals surface area (Å²) < 4.78 is 5.16. The number of hydrogen-bond donors (Lipinski definition) is 0. The molecule has 0 radical (unpaired) electrons. The molecule has 0 spiro atoms. The van der Waals surface area contributed by atoms with E-state index in [4.69, 9.17) is 4.74 Å². The van der Waals surface area contributed by atoms with Crippen molar-refractivity contribution < 1.29 is 9.53 Å². The van der Waals surface area contributed by atoms with Gasteiger partial charge in [0.15, 0.2) is 0 Å². The number of carbonyl (C=O) groups excluding carboxylic acids is 1. The molecule has 0 N–H and O–H groups in total. The summed E-state index contributed by atoms with van der Waals surface area (Å²) in [6.45, 7) is 0. The van der Waals surface area contributed by atoms with Crippen LogP contribution in [0.1, 0.15) is 36.0 Å². The lowest BCUT2D eigenvalue weighted by atomic mass is 9.94. The smallest absolute Gasteiger partial charge is 0.259 e. The van der Waals surface area contributed by atoms with E-state index in [0.717, 1.165) is 12.8 Å². The molecule has 1 fully saturated rings. The molecule has 2 atom stereocenters. The number of alkyl halides is 1. The summed E-state index contributed by atoms with van der Waals surface area (Å²) in [5, 5.41) is 0. The zero-order chi connectivity index (χ0) is 13.8. The molecule has 1 aliphatic rings. The van der Waals surface area contributed by atoms with Crippen molar-refractivity contribution in [1.29, 1.82) is 0 Å². The van der Waals surface area contributed by atoms with Crippen LogP contribution in [-0.2, 0) is 0 Å². The Morgan fingerprint density at radius 3 is 2.89 bits per heavy atom. The van der Waals surface area contributed by atoms with E-state index in [9.17, 15) is 4.79 Å². The first-order valence-electron chi connectivity index (χ1n) is 6.55. The Hall–Kier alpha value is -1.10. The molecule has 4 nitrogen and oxygen atoms in total. The summed E-state index contributed by atoms with van der Waals surface area (Å²) in [6, 6.07) is 3.76. The Morgan fingerprint density at radius 1 is 1.47 bits per heavy atom. The molecule has 19 heavy (non-hydrogen) atoms. The molecule has 104 valence electrons. The van der Waals surface area contributed by atoms with E-state index in [1.807, 2.05) is 11.9 Å². The van der Waals surface area contributed by atoms with Crippen molar-refractivity contribution in [3.8, 4) is 5.88 Å². The van der Waals surface area contributed by atoms with Gasteiger partial charge in [0, 0.05) is 24.1 Å². The van der Waals surface area contributed by atoms with Crippen LogP contribution < -0.4 is 4.74 Å². The van der Waals surface area contributed by atoms with Gasteiger partial charge in [0.05, 0.1) is 7.11 Å². The van der Waals surface area contributed by atoms with Crippen LogP contribution in [0.15, 0.2) is 18.3 Å². The van der Waals surface area contributed by atoms with Crippen molar-refractivity contribution in [2.45, 2.75) is 36.6 Å². The van der Waals surface area contributed by atoms with Crippen LogP contribution >= 0.6 is 15.9 Å². The highest BCUT2D eigenvalue weighted by atomic mass is 79.9. The summed E-state index contributed by atoms with van der Waals surface area (Å²) in [6.07, 6.45) is 6.19. The van der Waals surface area contributed by atoms with Gasteiger partial charge in [0.2, 0.25) is 5.88 Å².